The van der Waals surface area contributed by atoms with E-state index < -0.39 is 5.97 Å². The van der Waals surface area contributed by atoms with Crippen LogP contribution >= 0.6 is 0 Å². The molecule has 1 N–H and O–H groups in total. The van der Waals surface area contributed by atoms with Crippen LogP contribution in [0.5, 0.6) is 0 Å². The number of anilines is 1. The predicted octanol–water partition coefficient (Wildman–Crippen LogP) is 1.30. The number of hydrogen-bond acceptors (Lipinski definition) is 5. The Balaban J connectivity index is 2.54. The van der Waals surface area contributed by atoms with Gasteiger partial charge in [0.1, 0.15) is 11.4 Å². The summed E-state index contributed by atoms with van der Waals surface area (Å²) in [4.78, 5) is 25.0. The van der Waals surface area contributed by atoms with Crippen molar-refractivity contribution in [1.82, 2.24) is 15.0 Å². The van der Waals surface area contributed by atoms with Crippen molar-refractivity contribution in [3.05, 3.63) is 36.3 Å². The Bertz CT molecular complexity index is 570. The summed E-state index contributed by atoms with van der Waals surface area (Å²) in [6.07, 6.45) is 4.60. The van der Waals surface area contributed by atoms with Crippen molar-refractivity contribution in [2.75, 3.05) is 19.0 Å². The minimum Gasteiger partial charge on any atom is -0.477 e. The second-order valence-electron chi connectivity index (χ2n) is 3.87. The second kappa shape index (κ2) is 4.79. The minimum atomic E-state index is -1.04. The van der Waals surface area contributed by atoms with Gasteiger partial charge >= 0.3 is 5.97 Å². The van der Waals surface area contributed by atoms with E-state index in [1.165, 1.54) is 6.20 Å². The molecule has 92 valence electrons. The fourth-order valence-corrected chi connectivity index (χ4v) is 1.50. The van der Waals surface area contributed by atoms with Crippen LogP contribution in [-0.2, 0) is 0 Å². The van der Waals surface area contributed by atoms with Crippen LogP contribution in [0.25, 0.3) is 11.4 Å². The Morgan fingerprint density at radius 2 is 1.94 bits per heavy atom. The van der Waals surface area contributed by atoms with Crippen LogP contribution in [0.3, 0.4) is 0 Å². The first-order chi connectivity index (χ1) is 8.59. The fourth-order valence-electron chi connectivity index (χ4n) is 1.50. The molecular weight excluding hydrogens is 232 g/mol. The van der Waals surface area contributed by atoms with Crippen LogP contribution in [0.15, 0.2) is 30.7 Å². The molecule has 2 rings (SSSR count). The molecule has 0 saturated heterocycles. The van der Waals surface area contributed by atoms with E-state index in [9.17, 15) is 4.79 Å². The van der Waals surface area contributed by atoms with Crippen LogP contribution in [-0.4, -0.2) is 40.1 Å². The first-order valence-electron chi connectivity index (χ1n) is 5.27. The molecule has 0 atom stereocenters. The standard InChI is InChI=1S/C12H12N4O2/c1-16(2)11-9(12(17)18)7-14-10(15-11)8-3-5-13-6-4-8/h3-7H,1-2H3,(H,17,18). The number of aromatic carboxylic acids is 1. The topological polar surface area (TPSA) is 79.2 Å². The van der Waals surface area contributed by atoms with Crippen LogP contribution < -0.4 is 4.90 Å². The van der Waals surface area contributed by atoms with Gasteiger partial charge in [-0.3, -0.25) is 4.98 Å². The van der Waals surface area contributed by atoms with E-state index >= 15 is 0 Å². The summed E-state index contributed by atoms with van der Waals surface area (Å²) in [5, 5.41) is 9.06. The van der Waals surface area contributed by atoms with E-state index in [0.717, 1.165) is 5.56 Å². The molecule has 0 aliphatic rings. The molecule has 0 unspecified atom stereocenters. The van der Waals surface area contributed by atoms with Gasteiger partial charge in [-0.05, 0) is 12.1 Å². The molecular formula is C12H12N4O2. The molecule has 0 aromatic carbocycles. The van der Waals surface area contributed by atoms with Crippen molar-refractivity contribution >= 4 is 11.8 Å². The Labute approximate surface area is 104 Å². The van der Waals surface area contributed by atoms with Crippen molar-refractivity contribution in [1.29, 1.82) is 0 Å². The van der Waals surface area contributed by atoms with Gasteiger partial charge in [-0.25, -0.2) is 14.8 Å². The van der Waals surface area contributed by atoms with Crippen molar-refractivity contribution in [2.24, 2.45) is 0 Å². The van der Waals surface area contributed by atoms with Gasteiger partial charge in [-0.2, -0.15) is 0 Å². The number of carbonyl (C=O) groups is 1. The molecule has 0 saturated carbocycles. The summed E-state index contributed by atoms with van der Waals surface area (Å²) in [6, 6.07) is 3.55. The van der Waals surface area contributed by atoms with Gasteiger partial charge in [-0.1, -0.05) is 0 Å². The quantitative estimate of drug-likeness (QED) is 0.876. The van der Waals surface area contributed by atoms with Crippen LogP contribution in [0, 0.1) is 0 Å². The number of carboxylic acids is 1. The fraction of sp³-hybridized carbons (Fsp3) is 0.167. The maximum absolute atomic E-state index is 11.1. The maximum Gasteiger partial charge on any atom is 0.341 e. The monoisotopic (exact) mass is 244 g/mol. The Morgan fingerprint density at radius 3 is 2.50 bits per heavy atom. The third-order valence-electron chi connectivity index (χ3n) is 2.36. The third-order valence-corrected chi connectivity index (χ3v) is 2.36. The lowest BCUT2D eigenvalue weighted by atomic mass is 10.2. The maximum atomic E-state index is 11.1. The van der Waals surface area contributed by atoms with Gasteiger partial charge in [0.25, 0.3) is 0 Å². The number of carboxylic acid groups (broad SMARTS) is 1. The third kappa shape index (κ3) is 2.27. The normalized spacial score (nSPS) is 10.1. The molecule has 18 heavy (non-hydrogen) atoms. The number of aromatic nitrogens is 3. The molecule has 2 heterocycles. The molecule has 2 aromatic heterocycles. The van der Waals surface area contributed by atoms with Crippen LogP contribution in [0.2, 0.25) is 0 Å². The smallest absolute Gasteiger partial charge is 0.341 e. The highest BCUT2D eigenvalue weighted by Crippen LogP contribution is 2.20. The van der Waals surface area contributed by atoms with Gasteiger partial charge in [0.05, 0.1) is 0 Å². The molecule has 0 radical (unpaired) electrons. The summed E-state index contributed by atoms with van der Waals surface area (Å²) in [7, 11) is 3.48. The van der Waals surface area contributed by atoms with Gasteiger partial charge in [-0.15, -0.1) is 0 Å². The largest absolute Gasteiger partial charge is 0.477 e. The van der Waals surface area contributed by atoms with Crippen LogP contribution in [0.1, 0.15) is 10.4 Å². The number of nitrogens with zero attached hydrogens (tertiary/aromatic N) is 4. The zero-order valence-corrected chi connectivity index (χ0v) is 10.0. The second-order valence-corrected chi connectivity index (χ2v) is 3.87. The van der Waals surface area contributed by atoms with Crippen molar-refractivity contribution in [3.63, 3.8) is 0 Å². The Kier molecular flexibility index (Phi) is 3.18. The minimum absolute atomic E-state index is 0.0813. The predicted molar refractivity (Wildman–Crippen MR) is 66.5 cm³/mol. The highest BCUT2D eigenvalue weighted by Gasteiger charge is 2.15. The molecule has 0 spiro atoms. The van der Waals surface area contributed by atoms with Gasteiger partial charge in [0.15, 0.2) is 5.82 Å². The lowest BCUT2D eigenvalue weighted by Gasteiger charge is -2.14. The lowest BCUT2D eigenvalue weighted by molar-refractivity contribution is 0.0697. The van der Waals surface area contributed by atoms with E-state index in [1.807, 2.05) is 0 Å². The van der Waals surface area contributed by atoms with E-state index in [1.54, 1.807) is 43.5 Å². The zero-order valence-electron chi connectivity index (χ0n) is 10.0. The zero-order chi connectivity index (χ0) is 13.1. The summed E-state index contributed by atoms with van der Waals surface area (Å²) in [5.74, 6) is -0.185. The molecule has 6 nitrogen and oxygen atoms in total. The van der Waals surface area contributed by atoms with E-state index in [-0.39, 0.29) is 5.56 Å². The Morgan fingerprint density at radius 1 is 1.28 bits per heavy atom. The first-order valence-corrected chi connectivity index (χ1v) is 5.27. The van der Waals surface area contributed by atoms with E-state index in [2.05, 4.69) is 15.0 Å². The lowest BCUT2D eigenvalue weighted by Crippen LogP contribution is -2.16. The average Bonchev–Trinajstić information content (AvgIpc) is 2.39. The molecule has 0 fully saturated rings. The van der Waals surface area contributed by atoms with E-state index in [0.29, 0.717) is 11.6 Å². The number of hydrogen-bond donors (Lipinski definition) is 1. The SMILES string of the molecule is CN(C)c1nc(-c2ccncc2)ncc1C(=O)O. The summed E-state index contributed by atoms with van der Waals surface area (Å²) >= 11 is 0. The summed E-state index contributed by atoms with van der Waals surface area (Å²) < 4.78 is 0. The highest BCUT2D eigenvalue weighted by atomic mass is 16.4. The average molecular weight is 244 g/mol. The number of pyridine rings is 1. The molecule has 2 aromatic rings. The van der Waals surface area contributed by atoms with E-state index in [4.69, 9.17) is 5.11 Å². The van der Waals surface area contributed by atoms with Crippen molar-refractivity contribution < 1.29 is 9.90 Å². The van der Waals surface area contributed by atoms with Gasteiger partial charge in [0, 0.05) is 38.2 Å². The van der Waals surface area contributed by atoms with Gasteiger partial charge in [0.2, 0.25) is 0 Å². The summed E-state index contributed by atoms with van der Waals surface area (Å²) in [6.45, 7) is 0. The summed E-state index contributed by atoms with van der Waals surface area (Å²) in [5.41, 5.74) is 0.878. The first kappa shape index (κ1) is 12.0. The number of rotatable bonds is 3. The molecule has 0 bridgehead atoms. The Hall–Kier alpha value is -2.50. The molecule has 6 heteroatoms. The highest BCUT2D eigenvalue weighted by molar-refractivity contribution is 5.93. The van der Waals surface area contributed by atoms with Crippen molar-refractivity contribution in [2.45, 2.75) is 0 Å². The molecule has 0 aliphatic heterocycles. The van der Waals surface area contributed by atoms with Gasteiger partial charge < -0.3 is 10.0 Å². The molecule has 0 amide bonds. The van der Waals surface area contributed by atoms with Crippen LogP contribution in [0.4, 0.5) is 5.82 Å². The van der Waals surface area contributed by atoms with Crippen molar-refractivity contribution in [3.8, 4) is 11.4 Å². The molecule has 0 aliphatic carbocycles.